The average Bonchev–Trinajstić information content (AvgIpc) is 2.21. The SMILES string of the molecule is CNC(C)(C)C(=O)N1CCCC(C)C1C. The van der Waals surface area contributed by atoms with Crippen LogP contribution in [0.3, 0.4) is 0 Å². The number of amides is 1. The highest BCUT2D eigenvalue weighted by molar-refractivity contribution is 5.85. The van der Waals surface area contributed by atoms with Crippen LogP contribution >= 0.6 is 0 Å². The summed E-state index contributed by atoms with van der Waals surface area (Å²) < 4.78 is 0. The fraction of sp³-hybridized carbons (Fsp3) is 0.917. The van der Waals surface area contributed by atoms with Gasteiger partial charge in [-0.25, -0.2) is 0 Å². The molecule has 3 nitrogen and oxygen atoms in total. The lowest BCUT2D eigenvalue weighted by atomic mass is 9.90. The van der Waals surface area contributed by atoms with E-state index in [0.29, 0.717) is 12.0 Å². The smallest absolute Gasteiger partial charge is 0.242 e. The molecule has 2 atom stereocenters. The minimum atomic E-state index is -0.439. The lowest BCUT2D eigenvalue weighted by molar-refractivity contribution is -0.141. The summed E-state index contributed by atoms with van der Waals surface area (Å²) in [6.45, 7) is 9.20. The maximum absolute atomic E-state index is 12.3. The predicted octanol–water partition coefficient (Wildman–Crippen LogP) is 1.63. The minimum absolute atomic E-state index is 0.226. The van der Waals surface area contributed by atoms with Crippen LogP contribution in [0.1, 0.15) is 40.5 Å². The average molecular weight is 212 g/mol. The van der Waals surface area contributed by atoms with Gasteiger partial charge in [-0.15, -0.1) is 0 Å². The summed E-state index contributed by atoms with van der Waals surface area (Å²) in [5, 5.41) is 3.08. The summed E-state index contributed by atoms with van der Waals surface area (Å²) in [6, 6.07) is 0.374. The largest absolute Gasteiger partial charge is 0.338 e. The van der Waals surface area contributed by atoms with Gasteiger partial charge in [0.1, 0.15) is 0 Å². The second kappa shape index (κ2) is 4.52. The molecule has 1 N–H and O–H groups in total. The number of nitrogens with zero attached hydrogens (tertiary/aromatic N) is 1. The number of piperidine rings is 1. The molecule has 15 heavy (non-hydrogen) atoms. The lowest BCUT2D eigenvalue weighted by Crippen LogP contribution is -2.57. The zero-order chi connectivity index (χ0) is 11.6. The summed E-state index contributed by atoms with van der Waals surface area (Å²) in [5.41, 5.74) is -0.439. The Balaban J connectivity index is 2.74. The Morgan fingerprint density at radius 2 is 2.00 bits per heavy atom. The molecule has 1 rings (SSSR count). The molecule has 88 valence electrons. The third-order valence-electron chi connectivity index (χ3n) is 3.79. The van der Waals surface area contributed by atoms with E-state index in [2.05, 4.69) is 19.2 Å². The molecular formula is C12H24N2O. The molecule has 2 unspecified atom stereocenters. The summed E-state index contributed by atoms with van der Waals surface area (Å²) in [4.78, 5) is 14.3. The van der Waals surface area contributed by atoms with E-state index in [0.717, 1.165) is 13.0 Å². The van der Waals surface area contributed by atoms with E-state index in [9.17, 15) is 4.79 Å². The molecule has 1 aliphatic rings. The normalized spacial score (nSPS) is 27.9. The van der Waals surface area contributed by atoms with Crippen molar-refractivity contribution in [1.29, 1.82) is 0 Å². The van der Waals surface area contributed by atoms with E-state index < -0.39 is 5.54 Å². The molecule has 0 bridgehead atoms. The maximum atomic E-state index is 12.3. The summed E-state index contributed by atoms with van der Waals surface area (Å²) >= 11 is 0. The number of carbonyl (C=O) groups is 1. The summed E-state index contributed by atoms with van der Waals surface area (Å²) in [7, 11) is 1.84. The van der Waals surface area contributed by atoms with Crippen LogP contribution in [0.5, 0.6) is 0 Å². The molecule has 0 aliphatic carbocycles. The molecule has 0 spiro atoms. The van der Waals surface area contributed by atoms with E-state index >= 15 is 0 Å². The number of nitrogens with one attached hydrogen (secondary N) is 1. The van der Waals surface area contributed by atoms with Gasteiger partial charge < -0.3 is 10.2 Å². The van der Waals surface area contributed by atoms with Crippen molar-refractivity contribution >= 4 is 5.91 Å². The molecule has 0 aromatic rings. The van der Waals surface area contributed by atoms with Crippen LogP contribution in [-0.2, 0) is 4.79 Å². The highest BCUT2D eigenvalue weighted by Crippen LogP contribution is 2.24. The number of hydrogen-bond donors (Lipinski definition) is 1. The standard InChI is InChI=1S/C12H24N2O/c1-9-7-6-8-14(10(9)2)11(15)12(3,4)13-5/h9-10,13H,6-8H2,1-5H3. The fourth-order valence-electron chi connectivity index (χ4n) is 2.09. The van der Waals surface area contributed by atoms with Crippen LogP contribution < -0.4 is 5.32 Å². The second-order valence-corrected chi connectivity index (χ2v) is 5.23. The van der Waals surface area contributed by atoms with Crippen LogP contribution in [0, 0.1) is 5.92 Å². The van der Waals surface area contributed by atoms with Gasteiger partial charge in [0.05, 0.1) is 5.54 Å². The van der Waals surface area contributed by atoms with Crippen molar-refractivity contribution in [2.45, 2.75) is 52.1 Å². The van der Waals surface area contributed by atoms with Crippen molar-refractivity contribution < 1.29 is 4.79 Å². The Bertz CT molecular complexity index is 238. The van der Waals surface area contributed by atoms with Crippen molar-refractivity contribution in [2.24, 2.45) is 5.92 Å². The van der Waals surface area contributed by atoms with E-state index in [1.165, 1.54) is 6.42 Å². The zero-order valence-corrected chi connectivity index (χ0v) is 10.6. The molecule has 1 amide bonds. The topological polar surface area (TPSA) is 32.3 Å². The summed E-state index contributed by atoms with van der Waals surface area (Å²) in [6.07, 6.45) is 2.38. The Hall–Kier alpha value is -0.570. The molecule has 0 radical (unpaired) electrons. The van der Waals surface area contributed by atoms with Crippen LogP contribution in [0.4, 0.5) is 0 Å². The van der Waals surface area contributed by atoms with Gasteiger partial charge >= 0.3 is 0 Å². The highest BCUT2D eigenvalue weighted by Gasteiger charge is 2.35. The number of carbonyl (C=O) groups excluding carboxylic acids is 1. The Morgan fingerprint density at radius 3 is 2.53 bits per heavy atom. The predicted molar refractivity (Wildman–Crippen MR) is 62.7 cm³/mol. The molecule has 1 heterocycles. The van der Waals surface area contributed by atoms with Crippen molar-refractivity contribution in [3.63, 3.8) is 0 Å². The van der Waals surface area contributed by atoms with Crippen LogP contribution in [0.25, 0.3) is 0 Å². The number of likely N-dealkylation sites (tertiary alicyclic amines) is 1. The van der Waals surface area contributed by atoms with Crippen molar-refractivity contribution in [3.05, 3.63) is 0 Å². The van der Waals surface area contributed by atoms with Crippen LogP contribution in [0.2, 0.25) is 0 Å². The van der Waals surface area contributed by atoms with Gasteiger partial charge in [-0.05, 0) is 46.6 Å². The van der Waals surface area contributed by atoms with E-state index in [4.69, 9.17) is 0 Å². The molecule has 0 aromatic carbocycles. The molecular weight excluding hydrogens is 188 g/mol. The first-order chi connectivity index (χ1) is 6.90. The number of likely N-dealkylation sites (N-methyl/N-ethyl adjacent to an activating group) is 1. The molecule has 3 heteroatoms. The van der Waals surface area contributed by atoms with Crippen molar-refractivity contribution in [2.75, 3.05) is 13.6 Å². The molecule has 1 aliphatic heterocycles. The molecule has 0 saturated carbocycles. The highest BCUT2D eigenvalue weighted by atomic mass is 16.2. The first kappa shape index (κ1) is 12.5. The number of rotatable bonds is 2. The van der Waals surface area contributed by atoms with Gasteiger partial charge in [0.2, 0.25) is 5.91 Å². The quantitative estimate of drug-likeness (QED) is 0.754. The number of hydrogen-bond acceptors (Lipinski definition) is 2. The van der Waals surface area contributed by atoms with Gasteiger partial charge in [0, 0.05) is 12.6 Å². The summed E-state index contributed by atoms with van der Waals surface area (Å²) in [5.74, 6) is 0.847. The second-order valence-electron chi connectivity index (χ2n) is 5.23. The monoisotopic (exact) mass is 212 g/mol. The minimum Gasteiger partial charge on any atom is -0.338 e. The van der Waals surface area contributed by atoms with E-state index in [1.54, 1.807) is 0 Å². The maximum Gasteiger partial charge on any atom is 0.242 e. The zero-order valence-electron chi connectivity index (χ0n) is 10.6. The third kappa shape index (κ3) is 2.51. The Kier molecular flexibility index (Phi) is 3.77. The van der Waals surface area contributed by atoms with E-state index in [1.807, 2.05) is 25.8 Å². The van der Waals surface area contributed by atoms with Gasteiger partial charge in [0.15, 0.2) is 0 Å². The third-order valence-corrected chi connectivity index (χ3v) is 3.79. The first-order valence-corrected chi connectivity index (χ1v) is 5.90. The Labute approximate surface area is 93.2 Å². The van der Waals surface area contributed by atoms with Crippen LogP contribution in [-0.4, -0.2) is 36.0 Å². The fourth-order valence-corrected chi connectivity index (χ4v) is 2.09. The van der Waals surface area contributed by atoms with E-state index in [-0.39, 0.29) is 5.91 Å². The first-order valence-electron chi connectivity index (χ1n) is 5.90. The Morgan fingerprint density at radius 1 is 1.40 bits per heavy atom. The van der Waals surface area contributed by atoms with Gasteiger partial charge in [-0.1, -0.05) is 6.92 Å². The molecule has 1 fully saturated rings. The van der Waals surface area contributed by atoms with Crippen molar-refractivity contribution in [1.82, 2.24) is 10.2 Å². The van der Waals surface area contributed by atoms with Gasteiger partial charge in [0.25, 0.3) is 0 Å². The van der Waals surface area contributed by atoms with Gasteiger partial charge in [-0.2, -0.15) is 0 Å². The molecule has 0 aromatic heterocycles. The van der Waals surface area contributed by atoms with Gasteiger partial charge in [-0.3, -0.25) is 4.79 Å². The van der Waals surface area contributed by atoms with Crippen molar-refractivity contribution in [3.8, 4) is 0 Å². The lowest BCUT2D eigenvalue weighted by Gasteiger charge is -2.41. The molecule has 1 saturated heterocycles. The van der Waals surface area contributed by atoms with Crippen LogP contribution in [0.15, 0.2) is 0 Å².